The molecule has 6 fully saturated rings. The summed E-state index contributed by atoms with van der Waals surface area (Å²) in [6.07, 6.45) is 9.81. The second-order valence-electron chi connectivity index (χ2n) is 23.2. The van der Waals surface area contributed by atoms with Gasteiger partial charge in [-0.05, 0) is 269 Å². The van der Waals surface area contributed by atoms with Crippen molar-refractivity contribution in [3.63, 3.8) is 0 Å². The third-order valence-electron chi connectivity index (χ3n) is 17.2. The van der Waals surface area contributed by atoms with Crippen LogP contribution in [0.1, 0.15) is 164 Å². The van der Waals surface area contributed by atoms with E-state index < -0.39 is 11.7 Å². The molecule has 0 atom stereocenters. The van der Waals surface area contributed by atoms with E-state index in [1.54, 1.807) is 18.2 Å². The monoisotopic (exact) mass is 1280 g/mol. The molecule has 0 spiro atoms. The molecule has 10 nitrogen and oxygen atoms in total. The predicted molar refractivity (Wildman–Crippen MR) is 353 cm³/mol. The highest BCUT2D eigenvalue weighted by molar-refractivity contribution is 9.10. The van der Waals surface area contributed by atoms with E-state index in [1.165, 1.54) is 114 Å². The molecule has 6 aliphatic heterocycles. The lowest BCUT2D eigenvalue weighted by molar-refractivity contribution is -0.384. The van der Waals surface area contributed by atoms with E-state index in [2.05, 4.69) is 134 Å². The number of nitrogens with zero attached hydrogens (tertiary/aromatic N) is 1. The van der Waals surface area contributed by atoms with Crippen molar-refractivity contribution < 1.29 is 22.8 Å². The highest BCUT2D eigenvalue weighted by Gasteiger charge is 2.31. The summed E-state index contributed by atoms with van der Waals surface area (Å²) in [5.41, 5.74) is 8.78. The van der Waals surface area contributed by atoms with Crippen LogP contribution in [0.5, 0.6) is 5.75 Å². The van der Waals surface area contributed by atoms with Crippen LogP contribution in [0.2, 0.25) is 10.0 Å². The molecule has 0 amide bonds. The number of non-ortho nitro benzene ring substituents is 1. The fraction of sp³-hybridized carbons (Fsp3) is 0.486. The van der Waals surface area contributed by atoms with Gasteiger partial charge in [-0.25, -0.2) is 0 Å². The summed E-state index contributed by atoms with van der Waals surface area (Å²) >= 11 is 15.5. The molecule has 0 bridgehead atoms. The number of nitrogens with one attached hydrogen (secondary N) is 6. The van der Waals surface area contributed by atoms with Gasteiger partial charge in [-0.15, -0.1) is 0 Å². The zero-order valence-electron chi connectivity index (χ0n) is 50.4. The summed E-state index contributed by atoms with van der Waals surface area (Å²) in [6, 6.07) is 44.6. The van der Waals surface area contributed by atoms with E-state index in [0.717, 1.165) is 127 Å². The summed E-state index contributed by atoms with van der Waals surface area (Å²) in [7, 11) is 0. The summed E-state index contributed by atoms with van der Waals surface area (Å²) < 4.78 is 44.5. The lowest BCUT2D eigenvalue weighted by Gasteiger charge is -2.24. The predicted octanol–water partition coefficient (Wildman–Crippen LogP) is 16.6. The number of para-hydroxylation sites is 1. The van der Waals surface area contributed by atoms with Crippen molar-refractivity contribution in [1.82, 2.24) is 31.9 Å². The molecule has 0 radical (unpaired) electrons. The van der Waals surface area contributed by atoms with Gasteiger partial charge >= 0.3 is 6.18 Å². The fourth-order valence-electron chi connectivity index (χ4n) is 12.3. The number of ether oxygens (including phenoxy) is 1. The van der Waals surface area contributed by atoms with E-state index in [-0.39, 0.29) is 16.5 Å². The van der Waals surface area contributed by atoms with Gasteiger partial charge in [-0.1, -0.05) is 142 Å². The molecular formula is C70H91BrCl2F3N7O3. The van der Waals surface area contributed by atoms with Gasteiger partial charge in [0.2, 0.25) is 0 Å². The quantitative estimate of drug-likeness (QED) is 0.0620. The van der Waals surface area contributed by atoms with Crippen molar-refractivity contribution in [2.75, 3.05) is 85.1 Å². The Labute approximate surface area is 528 Å². The first-order valence-corrected chi connectivity index (χ1v) is 33.0. The van der Waals surface area contributed by atoms with Gasteiger partial charge in [0.25, 0.3) is 5.69 Å². The van der Waals surface area contributed by atoms with E-state index in [1.807, 2.05) is 31.2 Å². The van der Waals surface area contributed by atoms with Crippen LogP contribution in [0.25, 0.3) is 0 Å². The van der Waals surface area contributed by atoms with Crippen LogP contribution in [-0.4, -0.2) is 90.1 Å². The first-order chi connectivity index (χ1) is 41.8. The first kappa shape index (κ1) is 68.6. The molecule has 6 aromatic carbocycles. The molecule has 6 saturated heterocycles. The van der Waals surface area contributed by atoms with Crippen LogP contribution in [0.3, 0.4) is 0 Å². The number of piperidine rings is 6. The van der Waals surface area contributed by atoms with Crippen molar-refractivity contribution in [1.29, 1.82) is 0 Å². The number of hydrogen-bond acceptors (Lipinski definition) is 9. The maximum Gasteiger partial charge on any atom is 0.416 e. The zero-order chi connectivity index (χ0) is 60.9. The molecule has 0 unspecified atom stereocenters. The smallest absolute Gasteiger partial charge is 0.416 e. The summed E-state index contributed by atoms with van der Waals surface area (Å²) in [5.74, 6) is 4.76. The third-order valence-corrected chi connectivity index (χ3v) is 18.7. The fourth-order valence-corrected chi connectivity index (χ4v) is 13.2. The number of aryl methyl sites for hydroxylation is 1. The molecule has 466 valence electrons. The topological polar surface area (TPSA) is 125 Å². The molecule has 6 heterocycles. The van der Waals surface area contributed by atoms with Crippen LogP contribution in [0, 0.1) is 17.0 Å². The Morgan fingerprint density at radius 2 is 0.872 bits per heavy atom. The van der Waals surface area contributed by atoms with Crippen LogP contribution in [-0.2, 0) is 6.18 Å². The SMILES string of the molecule is Brc1ccccc1C1CCNCC1.CCOc1ccccc1C1CCNCC1.Cc1cccc(C2CCNCC2)c1.Clc1ccc(C2CCNCC2)cc1Cl.FC(F)(F)c1cccc(C2CCNCC2)c1.O=[N+]([O-])c1ccc(C2CCNCC2)cc1. The lowest BCUT2D eigenvalue weighted by atomic mass is 9.89. The molecule has 6 N–H and O–H groups in total. The van der Waals surface area contributed by atoms with Crippen molar-refractivity contribution in [3.05, 3.63) is 209 Å². The van der Waals surface area contributed by atoms with Gasteiger partial charge in [0, 0.05) is 16.6 Å². The van der Waals surface area contributed by atoms with Gasteiger partial charge in [0.05, 0.1) is 27.1 Å². The van der Waals surface area contributed by atoms with Crippen molar-refractivity contribution in [2.24, 2.45) is 0 Å². The number of hydrogen-bond donors (Lipinski definition) is 6. The highest BCUT2D eigenvalue weighted by atomic mass is 79.9. The van der Waals surface area contributed by atoms with E-state index in [0.29, 0.717) is 27.8 Å². The summed E-state index contributed by atoms with van der Waals surface area (Å²) in [4.78, 5) is 10.1. The van der Waals surface area contributed by atoms with E-state index >= 15 is 0 Å². The lowest BCUT2D eigenvalue weighted by Crippen LogP contribution is -2.26. The molecule has 16 heteroatoms. The molecule has 6 aromatic rings. The highest BCUT2D eigenvalue weighted by Crippen LogP contribution is 2.36. The first-order valence-electron chi connectivity index (χ1n) is 31.4. The summed E-state index contributed by atoms with van der Waals surface area (Å²) in [6.45, 7) is 18.0. The average molecular weight is 1290 g/mol. The largest absolute Gasteiger partial charge is 0.494 e. The minimum atomic E-state index is -4.23. The standard InChI is InChI=1S/C13H19NO.C12H14F3N.C12H17N.C11H14BrN.C11H13Cl2N.C11H14N2O2/c1-2-15-13-6-4-3-5-12(13)11-7-9-14-10-8-11;13-12(14,15)11-3-1-2-10(8-11)9-4-6-16-7-5-9;1-10-3-2-4-12(9-10)11-5-7-13-8-6-11;12-11-4-2-1-3-10(11)9-5-7-13-8-6-9;12-10-2-1-9(7-11(10)13)8-3-5-14-6-4-8;14-13(15)11-3-1-9(2-4-11)10-5-7-12-8-6-10/h3-6,11,14H,2,7-10H2,1H3;1-3,8-9,16H,4-7H2;2-4,9,11,13H,5-8H2,1H3;1-4,9,13H,5-8H2;1-2,7-8,14H,3-6H2;1-4,10,12H,5-8H2. The van der Waals surface area contributed by atoms with Gasteiger partial charge in [-0.3, -0.25) is 10.1 Å². The van der Waals surface area contributed by atoms with Crippen molar-refractivity contribution in [2.45, 2.75) is 133 Å². The number of benzene rings is 6. The molecule has 0 saturated carbocycles. The van der Waals surface area contributed by atoms with E-state index in [9.17, 15) is 23.3 Å². The van der Waals surface area contributed by atoms with Crippen LogP contribution < -0.4 is 36.6 Å². The second-order valence-corrected chi connectivity index (χ2v) is 24.9. The number of alkyl halides is 3. The van der Waals surface area contributed by atoms with Gasteiger partial charge in [0.1, 0.15) is 5.75 Å². The molecule has 12 rings (SSSR count). The Bertz CT molecular complexity index is 2900. The Morgan fingerprint density at radius 1 is 0.477 bits per heavy atom. The molecule has 0 aromatic heterocycles. The Hall–Kier alpha value is -4.87. The minimum absolute atomic E-state index is 0.174. The van der Waals surface area contributed by atoms with Crippen molar-refractivity contribution >= 4 is 44.8 Å². The van der Waals surface area contributed by atoms with Gasteiger partial charge in [0.15, 0.2) is 0 Å². The molecule has 0 aliphatic carbocycles. The Balaban J connectivity index is 0.000000148. The minimum Gasteiger partial charge on any atom is -0.494 e. The number of nitro groups is 1. The van der Waals surface area contributed by atoms with Crippen LogP contribution in [0.15, 0.2) is 144 Å². The number of rotatable bonds is 9. The average Bonchev–Trinajstić information content (AvgIpc) is 3.64. The third kappa shape index (κ3) is 22.9. The maximum atomic E-state index is 12.5. The van der Waals surface area contributed by atoms with Crippen LogP contribution >= 0.6 is 39.1 Å². The van der Waals surface area contributed by atoms with Gasteiger partial charge in [-0.2, -0.15) is 13.2 Å². The summed E-state index contributed by atoms with van der Waals surface area (Å²) in [5, 5.41) is 31.8. The molecule has 6 aliphatic rings. The van der Waals surface area contributed by atoms with Gasteiger partial charge < -0.3 is 36.6 Å². The maximum absolute atomic E-state index is 12.5. The van der Waals surface area contributed by atoms with Crippen molar-refractivity contribution in [3.8, 4) is 5.75 Å². The number of nitro benzene ring substituents is 1. The zero-order valence-corrected chi connectivity index (χ0v) is 53.5. The number of halogens is 6. The second kappa shape index (κ2) is 37.2. The van der Waals surface area contributed by atoms with E-state index in [4.69, 9.17) is 27.9 Å². The van der Waals surface area contributed by atoms with Crippen LogP contribution in [0.4, 0.5) is 18.9 Å². The normalized spacial score (nSPS) is 18.3. The molecular weight excluding hydrogens is 1190 g/mol. The Kier molecular flexibility index (Phi) is 29.7. The molecule has 86 heavy (non-hydrogen) atoms. The Morgan fingerprint density at radius 3 is 1.31 bits per heavy atom.